The Morgan fingerprint density at radius 3 is 2.42 bits per heavy atom. The third-order valence-corrected chi connectivity index (χ3v) is 1.92. The molecule has 0 unspecified atom stereocenters. The summed E-state index contributed by atoms with van der Waals surface area (Å²) in [5, 5.41) is 8.20. The Morgan fingerprint density at radius 2 is 1.75 bits per heavy atom. The zero-order valence-corrected chi connectivity index (χ0v) is 8.05. The van der Waals surface area contributed by atoms with Crippen molar-refractivity contribution in [1.29, 1.82) is 5.26 Å². The Balaban J connectivity index is 2.92. The Hall–Kier alpha value is -0.770. The van der Waals surface area contributed by atoms with E-state index < -0.39 is 0 Å². The molecule has 0 aliphatic carbocycles. The third-order valence-electron chi connectivity index (χ3n) is 1.92. The lowest BCUT2D eigenvalue weighted by molar-refractivity contribution is 0.611. The molecule has 0 aliphatic rings. The van der Waals surface area contributed by atoms with E-state index >= 15 is 0 Å². The van der Waals surface area contributed by atoms with E-state index in [9.17, 15) is 0 Å². The predicted octanol–water partition coefficient (Wildman–Crippen LogP) is 3.82. The van der Waals surface area contributed by atoms with Crippen molar-refractivity contribution < 1.29 is 0 Å². The summed E-state index contributed by atoms with van der Waals surface area (Å²) < 4.78 is 0. The fraction of sp³-hybridized carbons (Fsp3) is 0.727. The summed E-state index contributed by atoms with van der Waals surface area (Å²) in [4.78, 5) is 0. The monoisotopic (exact) mass is 165 g/mol. The molecule has 0 fully saturated rings. The first-order valence-corrected chi connectivity index (χ1v) is 4.96. The van der Waals surface area contributed by atoms with Crippen LogP contribution in [-0.2, 0) is 0 Å². The summed E-state index contributed by atoms with van der Waals surface area (Å²) in [5.41, 5.74) is 0. The highest BCUT2D eigenvalue weighted by Crippen LogP contribution is 2.06. The van der Waals surface area contributed by atoms with Crippen molar-refractivity contribution in [3.8, 4) is 6.07 Å². The smallest absolute Gasteiger partial charge is 0.0908 e. The molecule has 0 saturated heterocycles. The second-order valence-electron chi connectivity index (χ2n) is 3.09. The summed E-state index contributed by atoms with van der Waals surface area (Å²) in [7, 11) is 0. The van der Waals surface area contributed by atoms with Crippen molar-refractivity contribution in [3.63, 3.8) is 0 Å². The van der Waals surface area contributed by atoms with Gasteiger partial charge in [0.05, 0.1) is 6.07 Å². The van der Waals surface area contributed by atoms with Crippen molar-refractivity contribution in [2.75, 3.05) is 0 Å². The summed E-state index contributed by atoms with van der Waals surface area (Å²) in [6.45, 7) is 2.23. The molecular formula is C11H19N. The van der Waals surface area contributed by atoms with Gasteiger partial charge in [0.15, 0.2) is 0 Å². The molecule has 0 radical (unpaired) electrons. The van der Waals surface area contributed by atoms with Crippen LogP contribution in [0.3, 0.4) is 0 Å². The van der Waals surface area contributed by atoms with Crippen LogP contribution in [0.1, 0.15) is 51.9 Å². The van der Waals surface area contributed by atoms with Gasteiger partial charge < -0.3 is 0 Å². The SMILES string of the molecule is CCCCCCCC/C=C\C#N. The second-order valence-corrected chi connectivity index (χ2v) is 3.09. The maximum atomic E-state index is 8.20. The highest BCUT2D eigenvalue weighted by atomic mass is 14.2. The van der Waals surface area contributed by atoms with Crippen molar-refractivity contribution in [2.24, 2.45) is 0 Å². The lowest BCUT2D eigenvalue weighted by atomic mass is 10.1. The average Bonchev–Trinajstić information content (AvgIpc) is 2.10. The van der Waals surface area contributed by atoms with E-state index in [0.29, 0.717) is 0 Å². The molecule has 1 nitrogen and oxygen atoms in total. The first-order valence-electron chi connectivity index (χ1n) is 4.96. The van der Waals surface area contributed by atoms with E-state index in [0.717, 1.165) is 6.42 Å². The van der Waals surface area contributed by atoms with Crippen LogP contribution in [0.5, 0.6) is 0 Å². The Kier molecular flexibility index (Phi) is 9.57. The second kappa shape index (κ2) is 10.2. The number of allylic oxidation sites excluding steroid dienone is 2. The minimum atomic E-state index is 1.07. The minimum Gasteiger partial charge on any atom is -0.193 e. The molecule has 0 aromatic carbocycles. The number of nitriles is 1. The number of hydrogen-bond acceptors (Lipinski definition) is 1. The highest BCUT2D eigenvalue weighted by Gasteiger charge is 1.87. The summed E-state index contributed by atoms with van der Waals surface area (Å²) in [6, 6.07) is 2.00. The molecule has 0 aromatic heterocycles. The molecule has 0 amide bonds. The van der Waals surface area contributed by atoms with Crippen molar-refractivity contribution in [2.45, 2.75) is 51.9 Å². The first-order chi connectivity index (χ1) is 5.91. The average molecular weight is 165 g/mol. The van der Waals surface area contributed by atoms with Crippen LogP contribution < -0.4 is 0 Å². The molecule has 0 spiro atoms. The van der Waals surface area contributed by atoms with E-state index in [1.165, 1.54) is 38.5 Å². The van der Waals surface area contributed by atoms with Crippen molar-refractivity contribution in [1.82, 2.24) is 0 Å². The van der Waals surface area contributed by atoms with E-state index in [1.807, 2.05) is 12.1 Å². The molecule has 0 heterocycles. The van der Waals surface area contributed by atoms with Crippen molar-refractivity contribution in [3.05, 3.63) is 12.2 Å². The van der Waals surface area contributed by atoms with Crippen molar-refractivity contribution >= 4 is 0 Å². The zero-order chi connectivity index (χ0) is 9.07. The lowest BCUT2D eigenvalue weighted by Gasteiger charge is -1.96. The molecule has 0 aromatic rings. The maximum absolute atomic E-state index is 8.20. The summed E-state index contributed by atoms with van der Waals surface area (Å²) >= 11 is 0. The van der Waals surface area contributed by atoms with E-state index in [2.05, 4.69) is 6.92 Å². The minimum absolute atomic E-state index is 1.07. The molecule has 0 N–H and O–H groups in total. The van der Waals surface area contributed by atoms with Gasteiger partial charge >= 0.3 is 0 Å². The van der Waals surface area contributed by atoms with Gasteiger partial charge in [-0.05, 0) is 12.8 Å². The van der Waals surface area contributed by atoms with Gasteiger partial charge in [0.2, 0.25) is 0 Å². The Morgan fingerprint density at radius 1 is 1.08 bits per heavy atom. The Labute approximate surface area is 76.1 Å². The van der Waals surface area contributed by atoms with E-state index in [4.69, 9.17) is 5.26 Å². The number of nitrogens with zero attached hydrogens (tertiary/aromatic N) is 1. The molecule has 0 bridgehead atoms. The van der Waals surface area contributed by atoms with Crippen LogP contribution in [0.4, 0.5) is 0 Å². The highest BCUT2D eigenvalue weighted by molar-refractivity contribution is 5.01. The first kappa shape index (κ1) is 11.2. The number of hydrogen-bond donors (Lipinski definition) is 0. The quantitative estimate of drug-likeness (QED) is 0.415. The van der Waals surface area contributed by atoms with Gasteiger partial charge in [0, 0.05) is 6.08 Å². The topological polar surface area (TPSA) is 23.8 Å². The normalized spacial score (nSPS) is 10.3. The number of rotatable bonds is 7. The largest absolute Gasteiger partial charge is 0.193 e. The molecule has 0 saturated carbocycles. The van der Waals surface area contributed by atoms with Gasteiger partial charge in [0.1, 0.15) is 0 Å². The molecule has 68 valence electrons. The standard InChI is InChI=1S/C11H19N/c1-2-3-4-5-6-7-8-9-10-11-12/h9-10H,2-8H2,1H3/b10-9-. The fourth-order valence-corrected chi connectivity index (χ4v) is 1.18. The van der Waals surface area contributed by atoms with Crippen LogP contribution in [0.25, 0.3) is 0 Å². The third kappa shape index (κ3) is 9.23. The fourth-order valence-electron chi connectivity index (χ4n) is 1.18. The molecular weight excluding hydrogens is 146 g/mol. The van der Waals surface area contributed by atoms with Gasteiger partial charge in [-0.1, -0.05) is 45.1 Å². The summed E-state index contributed by atoms with van der Waals surface area (Å²) in [6.07, 6.45) is 12.6. The van der Waals surface area contributed by atoms with Crippen LogP contribution in [0, 0.1) is 11.3 Å². The zero-order valence-electron chi connectivity index (χ0n) is 8.05. The maximum Gasteiger partial charge on any atom is 0.0908 e. The van der Waals surface area contributed by atoms with Gasteiger partial charge in [-0.3, -0.25) is 0 Å². The van der Waals surface area contributed by atoms with E-state index in [-0.39, 0.29) is 0 Å². The van der Waals surface area contributed by atoms with Crippen LogP contribution in [0.2, 0.25) is 0 Å². The van der Waals surface area contributed by atoms with E-state index in [1.54, 1.807) is 6.08 Å². The molecule has 0 aliphatic heterocycles. The molecule has 0 rings (SSSR count). The van der Waals surface area contributed by atoms with Crippen LogP contribution in [-0.4, -0.2) is 0 Å². The van der Waals surface area contributed by atoms with Crippen LogP contribution in [0.15, 0.2) is 12.2 Å². The summed E-state index contributed by atoms with van der Waals surface area (Å²) in [5.74, 6) is 0. The number of unbranched alkanes of at least 4 members (excludes halogenated alkanes) is 6. The van der Waals surface area contributed by atoms with Gasteiger partial charge in [0.25, 0.3) is 0 Å². The molecule has 0 atom stereocenters. The van der Waals surface area contributed by atoms with Crippen LogP contribution >= 0.6 is 0 Å². The molecule has 12 heavy (non-hydrogen) atoms. The Bertz CT molecular complexity index is 142. The van der Waals surface area contributed by atoms with Gasteiger partial charge in [-0.15, -0.1) is 0 Å². The lowest BCUT2D eigenvalue weighted by Crippen LogP contribution is -1.77. The molecule has 1 heteroatoms. The van der Waals surface area contributed by atoms with Gasteiger partial charge in [-0.2, -0.15) is 5.26 Å². The predicted molar refractivity (Wildman–Crippen MR) is 52.7 cm³/mol. The van der Waals surface area contributed by atoms with Gasteiger partial charge in [-0.25, -0.2) is 0 Å².